The van der Waals surface area contributed by atoms with E-state index in [9.17, 15) is 5.11 Å². The fourth-order valence-corrected chi connectivity index (χ4v) is 3.68. The minimum Gasteiger partial charge on any atom is -0.389 e. The molecule has 2 heteroatoms. The van der Waals surface area contributed by atoms with Crippen molar-refractivity contribution in [1.29, 1.82) is 0 Å². The molecule has 0 heterocycles. The van der Waals surface area contributed by atoms with Crippen LogP contribution in [0.15, 0.2) is 0 Å². The molecule has 0 spiro atoms. The zero-order chi connectivity index (χ0) is 13.9. The quantitative estimate of drug-likeness (QED) is 0.810. The third-order valence-corrected chi connectivity index (χ3v) is 5.68. The van der Waals surface area contributed by atoms with Gasteiger partial charge in [-0.15, -0.1) is 0 Å². The first-order valence-corrected chi connectivity index (χ1v) is 8.38. The van der Waals surface area contributed by atoms with E-state index in [1.165, 1.54) is 32.1 Å². The van der Waals surface area contributed by atoms with Gasteiger partial charge in [0.2, 0.25) is 0 Å². The van der Waals surface area contributed by atoms with Crippen LogP contribution in [0.25, 0.3) is 0 Å². The van der Waals surface area contributed by atoms with Crippen LogP contribution >= 0.6 is 0 Å². The summed E-state index contributed by atoms with van der Waals surface area (Å²) in [6.07, 6.45) is 11.0. The van der Waals surface area contributed by atoms with Crippen molar-refractivity contribution in [2.24, 2.45) is 11.3 Å². The van der Waals surface area contributed by atoms with Crippen LogP contribution in [0.1, 0.15) is 78.6 Å². The average molecular weight is 267 g/mol. The van der Waals surface area contributed by atoms with Crippen LogP contribution in [-0.4, -0.2) is 23.3 Å². The van der Waals surface area contributed by atoms with E-state index in [4.69, 9.17) is 0 Å². The number of nitrogens with one attached hydrogen (secondary N) is 1. The summed E-state index contributed by atoms with van der Waals surface area (Å²) >= 11 is 0. The molecule has 2 N–H and O–H groups in total. The van der Waals surface area contributed by atoms with Crippen molar-refractivity contribution in [2.75, 3.05) is 6.54 Å². The Morgan fingerprint density at radius 1 is 1.00 bits per heavy atom. The summed E-state index contributed by atoms with van der Waals surface area (Å²) in [6.45, 7) is 7.77. The molecule has 2 aliphatic rings. The van der Waals surface area contributed by atoms with Crippen molar-refractivity contribution in [3.8, 4) is 0 Å². The van der Waals surface area contributed by atoms with Crippen molar-refractivity contribution >= 4 is 0 Å². The number of hydrogen-bond acceptors (Lipinski definition) is 2. The molecular formula is C17H33NO. The highest BCUT2D eigenvalue weighted by molar-refractivity contribution is 4.91. The van der Waals surface area contributed by atoms with E-state index in [1.54, 1.807) is 0 Å². The fraction of sp³-hybridized carbons (Fsp3) is 1.00. The molecule has 2 fully saturated rings. The molecule has 19 heavy (non-hydrogen) atoms. The van der Waals surface area contributed by atoms with Crippen LogP contribution in [-0.2, 0) is 0 Å². The minimum atomic E-state index is -0.433. The first-order chi connectivity index (χ1) is 8.92. The predicted octanol–water partition coefficient (Wildman–Crippen LogP) is 3.88. The van der Waals surface area contributed by atoms with Crippen molar-refractivity contribution in [1.82, 2.24) is 5.32 Å². The van der Waals surface area contributed by atoms with Gasteiger partial charge in [-0.05, 0) is 62.7 Å². The summed E-state index contributed by atoms with van der Waals surface area (Å²) in [5, 5.41) is 14.3. The third-order valence-electron chi connectivity index (χ3n) is 5.68. The molecule has 112 valence electrons. The summed E-state index contributed by atoms with van der Waals surface area (Å²) in [7, 11) is 0. The number of aliphatic hydroxyl groups is 1. The topological polar surface area (TPSA) is 32.3 Å². The molecule has 0 aromatic heterocycles. The Morgan fingerprint density at radius 3 is 2.11 bits per heavy atom. The summed E-state index contributed by atoms with van der Waals surface area (Å²) < 4.78 is 0. The Bertz CT molecular complexity index is 269. The van der Waals surface area contributed by atoms with Crippen LogP contribution in [0.5, 0.6) is 0 Å². The lowest BCUT2D eigenvalue weighted by Gasteiger charge is -2.41. The largest absolute Gasteiger partial charge is 0.389 e. The fourth-order valence-electron chi connectivity index (χ4n) is 3.68. The molecule has 2 aliphatic carbocycles. The van der Waals surface area contributed by atoms with Crippen molar-refractivity contribution in [2.45, 2.75) is 90.2 Å². The van der Waals surface area contributed by atoms with Gasteiger partial charge < -0.3 is 10.4 Å². The van der Waals surface area contributed by atoms with E-state index < -0.39 is 5.60 Å². The second kappa shape index (κ2) is 6.13. The van der Waals surface area contributed by atoms with E-state index in [-0.39, 0.29) is 0 Å². The van der Waals surface area contributed by atoms with Crippen LogP contribution in [0.3, 0.4) is 0 Å². The first kappa shape index (κ1) is 15.3. The van der Waals surface area contributed by atoms with Crippen molar-refractivity contribution in [3.63, 3.8) is 0 Å². The van der Waals surface area contributed by atoms with Gasteiger partial charge in [-0.3, -0.25) is 0 Å². The van der Waals surface area contributed by atoms with E-state index in [1.807, 2.05) is 0 Å². The highest BCUT2D eigenvalue weighted by Crippen LogP contribution is 2.40. The van der Waals surface area contributed by atoms with Crippen LogP contribution < -0.4 is 5.32 Å². The highest BCUT2D eigenvalue weighted by atomic mass is 16.3. The van der Waals surface area contributed by atoms with E-state index in [0.717, 1.165) is 38.1 Å². The maximum atomic E-state index is 10.7. The maximum absolute atomic E-state index is 10.7. The molecular weight excluding hydrogens is 234 g/mol. The monoisotopic (exact) mass is 267 g/mol. The summed E-state index contributed by atoms with van der Waals surface area (Å²) in [5.41, 5.74) is 0.00252. The van der Waals surface area contributed by atoms with Crippen LogP contribution in [0, 0.1) is 11.3 Å². The average Bonchev–Trinajstić information content (AvgIpc) is 2.41. The summed E-state index contributed by atoms with van der Waals surface area (Å²) in [5.74, 6) is 0.955. The zero-order valence-corrected chi connectivity index (χ0v) is 13.2. The lowest BCUT2D eigenvalue weighted by Crippen LogP contribution is -2.48. The Balaban J connectivity index is 1.71. The van der Waals surface area contributed by atoms with Gasteiger partial charge in [0.25, 0.3) is 0 Å². The van der Waals surface area contributed by atoms with Gasteiger partial charge >= 0.3 is 0 Å². The molecule has 0 unspecified atom stereocenters. The van der Waals surface area contributed by atoms with E-state index in [2.05, 4.69) is 26.1 Å². The van der Waals surface area contributed by atoms with Gasteiger partial charge in [0, 0.05) is 12.6 Å². The summed E-state index contributed by atoms with van der Waals surface area (Å²) in [4.78, 5) is 0. The smallest absolute Gasteiger partial charge is 0.0772 e. The van der Waals surface area contributed by atoms with Gasteiger partial charge in [0.1, 0.15) is 0 Å². The van der Waals surface area contributed by atoms with Gasteiger partial charge in [-0.1, -0.05) is 27.2 Å². The zero-order valence-electron chi connectivity index (χ0n) is 13.2. The second-order valence-corrected chi connectivity index (χ2v) is 7.90. The highest BCUT2D eigenvalue weighted by Gasteiger charge is 2.36. The minimum absolute atomic E-state index is 0.433. The number of rotatable bonds is 4. The Labute approximate surface area is 119 Å². The Kier molecular flexibility index (Phi) is 4.94. The molecule has 0 radical (unpaired) electrons. The Morgan fingerprint density at radius 2 is 1.58 bits per heavy atom. The van der Waals surface area contributed by atoms with E-state index in [0.29, 0.717) is 11.5 Å². The molecule has 2 nitrogen and oxygen atoms in total. The van der Waals surface area contributed by atoms with Gasteiger partial charge in [0.05, 0.1) is 5.60 Å². The summed E-state index contributed by atoms with van der Waals surface area (Å²) in [6, 6.07) is 0.654. The Hall–Kier alpha value is -0.0800. The molecule has 0 saturated heterocycles. The molecule has 0 amide bonds. The lowest BCUT2D eigenvalue weighted by molar-refractivity contribution is -0.0270. The van der Waals surface area contributed by atoms with Crippen LogP contribution in [0.2, 0.25) is 0 Å². The standard InChI is InChI=1S/C17H33NO/c1-4-14-5-7-15(8-6-14)18-13-17(19)11-9-16(2,3)10-12-17/h14-15,18-19H,4-13H2,1-3H3. The maximum Gasteiger partial charge on any atom is 0.0772 e. The van der Waals surface area contributed by atoms with Gasteiger partial charge in [-0.25, -0.2) is 0 Å². The lowest BCUT2D eigenvalue weighted by atomic mass is 9.71. The van der Waals surface area contributed by atoms with Crippen LogP contribution in [0.4, 0.5) is 0 Å². The second-order valence-electron chi connectivity index (χ2n) is 7.90. The van der Waals surface area contributed by atoms with E-state index >= 15 is 0 Å². The first-order valence-electron chi connectivity index (χ1n) is 8.38. The molecule has 0 aromatic carbocycles. The molecule has 0 bridgehead atoms. The molecule has 0 aromatic rings. The molecule has 2 saturated carbocycles. The van der Waals surface area contributed by atoms with Crippen molar-refractivity contribution in [3.05, 3.63) is 0 Å². The molecule has 2 rings (SSSR count). The normalized spacial score (nSPS) is 34.1. The van der Waals surface area contributed by atoms with Crippen molar-refractivity contribution < 1.29 is 5.11 Å². The number of hydrogen-bond donors (Lipinski definition) is 2. The molecule has 0 aliphatic heterocycles. The SMILES string of the molecule is CCC1CCC(NCC2(O)CCC(C)(C)CC2)CC1. The molecule has 0 atom stereocenters. The predicted molar refractivity (Wildman–Crippen MR) is 81.2 cm³/mol. The third kappa shape index (κ3) is 4.46. The van der Waals surface area contributed by atoms with Gasteiger partial charge in [0.15, 0.2) is 0 Å². The van der Waals surface area contributed by atoms with Gasteiger partial charge in [-0.2, -0.15) is 0 Å².